The second kappa shape index (κ2) is 11.1. The number of carbonyl (C=O) groups excluding carboxylic acids is 2. The molecule has 9 nitrogen and oxygen atoms in total. The van der Waals surface area contributed by atoms with Crippen molar-refractivity contribution >= 4 is 27.6 Å². The summed E-state index contributed by atoms with van der Waals surface area (Å²) in [5.74, 6) is -0.415. The maximum Gasteiger partial charge on any atom is 0.309 e. The van der Waals surface area contributed by atoms with Crippen molar-refractivity contribution in [2.24, 2.45) is 5.92 Å². The molecule has 3 aromatic rings. The fraction of sp³-hybridized carbons (Fsp3) is 0.240. The molecule has 0 atom stereocenters. The van der Waals surface area contributed by atoms with E-state index in [1.54, 1.807) is 42.5 Å². The largest absolute Gasteiger partial charge is 0.455 e. The molecule has 1 amide bonds. The molecule has 35 heavy (non-hydrogen) atoms. The molecule has 1 aliphatic heterocycles. The molecular weight excluding hydrogens is 470 g/mol. The van der Waals surface area contributed by atoms with Crippen LogP contribution in [0.1, 0.15) is 12.8 Å². The van der Waals surface area contributed by atoms with Gasteiger partial charge in [-0.3, -0.25) is 14.6 Å². The van der Waals surface area contributed by atoms with E-state index < -0.39 is 34.4 Å². The summed E-state index contributed by atoms with van der Waals surface area (Å²) < 4.78 is 37.8. The van der Waals surface area contributed by atoms with Crippen LogP contribution in [0.4, 0.5) is 5.69 Å². The van der Waals surface area contributed by atoms with E-state index in [0.29, 0.717) is 30.0 Å². The van der Waals surface area contributed by atoms with Gasteiger partial charge in [-0.2, -0.15) is 4.31 Å². The molecule has 0 aliphatic carbocycles. The molecule has 1 aliphatic rings. The summed E-state index contributed by atoms with van der Waals surface area (Å²) in [6.07, 6.45) is 3.44. The fourth-order valence-electron chi connectivity index (χ4n) is 3.70. The maximum absolute atomic E-state index is 12.7. The number of pyridine rings is 1. The molecule has 182 valence electrons. The van der Waals surface area contributed by atoms with E-state index in [0.717, 1.165) is 0 Å². The molecular formula is C25H25N3O6S. The van der Waals surface area contributed by atoms with E-state index in [-0.39, 0.29) is 18.0 Å². The van der Waals surface area contributed by atoms with E-state index in [1.165, 1.54) is 22.8 Å². The number of rotatable bonds is 8. The molecule has 0 unspecified atom stereocenters. The van der Waals surface area contributed by atoms with E-state index >= 15 is 0 Å². The molecule has 1 aromatic heterocycles. The first-order valence-corrected chi connectivity index (χ1v) is 12.6. The standard InChI is InChI=1S/C25H25N3O6S/c29-24(27-22-10-4-5-11-23(22)34-20-7-2-1-3-8-20)18-33-25(30)19-12-15-28(16-13-19)35(31,32)21-9-6-14-26-17-21/h1-11,14,17,19H,12-13,15-16,18H2,(H,27,29). The van der Waals surface area contributed by atoms with Crippen molar-refractivity contribution in [3.63, 3.8) is 0 Å². The lowest BCUT2D eigenvalue weighted by Gasteiger charge is -2.29. The number of benzene rings is 2. The predicted octanol–water partition coefficient (Wildman–Crippen LogP) is 3.46. The van der Waals surface area contributed by atoms with Gasteiger partial charge in [-0.15, -0.1) is 0 Å². The number of anilines is 1. The Morgan fingerprint density at radius 2 is 1.69 bits per heavy atom. The normalized spacial score (nSPS) is 14.7. The number of carbonyl (C=O) groups is 2. The van der Waals surface area contributed by atoms with Gasteiger partial charge >= 0.3 is 5.97 Å². The quantitative estimate of drug-likeness (QED) is 0.476. The highest BCUT2D eigenvalue weighted by Gasteiger charge is 2.33. The van der Waals surface area contributed by atoms with Gasteiger partial charge in [-0.05, 0) is 49.2 Å². The summed E-state index contributed by atoms with van der Waals surface area (Å²) in [4.78, 5) is 28.9. The van der Waals surface area contributed by atoms with Crippen LogP contribution in [0.15, 0.2) is 84.0 Å². The first kappa shape index (κ1) is 24.4. The number of sulfonamides is 1. The third-order valence-electron chi connectivity index (χ3n) is 5.54. The van der Waals surface area contributed by atoms with Crippen LogP contribution >= 0.6 is 0 Å². The predicted molar refractivity (Wildman–Crippen MR) is 128 cm³/mol. The summed E-state index contributed by atoms with van der Waals surface area (Å²) in [5, 5.41) is 2.70. The summed E-state index contributed by atoms with van der Waals surface area (Å²) in [7, 11) is -3.66. The van der Waals surface area contributed by atoms with Gasteiger partial charge in [0.1, 0.15) is 10.6 Å². The monoisotopic (exact) mass is 495 g/mol. The van der Waals surface area contributed by atoms with E-state index in [1.807, 2.05) is 18.2 Å². The number of esters is 1. The van der Waals surface area contributed by atoms with Gasteiger partial charge < -0.3 is 14.8 Å². The topological polar surface area (TPSA) is 115 Å². The number of piperidine rings is 1. The lowest BCUT2D eigenvalue weighted by molar-refractivity contribution is -0.152. The third-order valence-corrected chi connectivity index (χ3v) is 7.42. The van der Waals surface area contributed by atoms with Crippen LogP contribution in [0.3, 0.4) is 0 Å². The minimum Gasteiger partial charge on any atom is -0.455 e. The van der Waals surface area contributed by atoms with Crippen LogP contribution in [0.25, 0.3) is 0 Å². The Morgan fingerprint density at radius 1 is 0.971 bits per heavy atom. The van der Waals surface area contributed by atoms with Gasteiger partial charge in [-0.1, -0.05) is 30.3 Å². The summed E-state index contributed by atoms with van der Waals surface area (Å²) in [6, 6.07) is 19.2. The van der Waals surface area contributed by atoms with Crippen molar-refractivity contribution in [1.29, 1.82) is 0 Å². The number of nitrogens with zero attached hydrogens (tertiary/aromatic N) is 2. The van der Waals surface area contributed by atoms with Gasteiger partial charge in [0, 0.05) is 25.5 Å². The summed E-state index contributed by atoms with van der Waals surface area (Å²) in [5.41, 5.74) is 0.450. The minimum absolute atomic E-state index is 0.120. The molecule has 0 radical (unpaired) electrons. The average Bonchev–Trinajstić information content (AvgIpc) is 2.89. The van der Waals surface area contributed by atoms with Gasteiger partial charge in [0.25, 0.3) is 5.91 Å². The smallest absolute Gasteiger partial charge is 0.309 e. The Morgan fingerprint density at radius 3 is 2.40 bits per heavy atom. The lowest BCUT2D eigenvalue weighted by Crippen LogP contribution is -2.41. The highest BCUT2D eigenvalue weighted by Crippen LogP contribution is 2.29. The van der Waals surface area contributed by atoms with Gasteiger partial charge in [0.05, 0.1) is 11.6 Å². The first-order chi connectivity index (χ1) is 16.9. The van der Waals surface area contributed by atoms with Crippen molar-refractivity contribution in [2.75, 3.05) is 25.0 Å². The number of hydrogen-bond donors (Lipinski definition) is 1. The highest BCUT2D eigenvalue weighted by molar-refractivity contribution is 7.89. The van der Waals surface area contributed by atoms with Crippen molar-refractivity contribution < 1.29 is 27.5 Å². The van der Waals surface area contributed by atoms with Crippen LogP contribution in [0.2, 0.25) is 0 Å². The molecule has 2 aromatic carbocycles. The Labute approximate surface area is 203 Å². The summed E-state index contributed by atoms with van der Waals surface area (Å²) in [6.45, 7) is -0.0759. The third kappa shape index (κ3) is 6.23. The number of nitrogens with one attached hydrogen (secondary N) is 1. The second-order valence-electron chi connectivity index (χ2n) is 7.93. The summed E-state index contributed by atoms with van der Waals surface area (Å²) >= 11 is 0. The molecule has 4 rings (SSSR count). The first-order valence-electron chi connectivity index (χ1n) is 11.1. The zero-order valence-corrected chi connectivity index (χ0v) is 19.7. The Kier molecular flexibility index (Phi) is 7.74. The van der Waals surface area contributed by atoms with E-state index in [9.17, 15) is 18.0 Å². The molecule has 1 fully saturated rings. The number of aromatic nitrogens is 1. The van der Waals surface area contributed by atoms with E-state index in [4.69, 9.17) is 9.47 Å². The number of amides is 1. The van der Waals surface area contributed by atoms with Crippen molar-refractivity contribution in [2.45, 2.75) is 17.7 Å². The van der Waals surface area contributed by atoms with Crippen LogP contribution in [0.5, 0.6) is 11.5 Å². The molecule has 2 heterocycles. The highest BCUT2D eigenvalue weighted by atomic mass is 32.2. The maximum atomic E-state index is 12.7. The molecule has 1 N–H and O–H groups in total. The molecule has 10 heteroatoms. The second-order valence-corrected chi connectivity index (χ2v) is 9.87. The molecule has 0 saturated carbocycles. The Balaban J connectivity index is 1.27. The van der Waals surface area contributed by atoms with Crippen molar-refractivity contribution in [3.05, 3.63) is 79.1 Å². The zero-order chi connectivity index (χ0) is 24.7. The van der Waals surface area contributed by atoms with Crippen LogP contribution in [-0.2, 0) is 24.3 Å². The van der Waals surface area contributed by atoms with Crippen LogP contribution in [0, 0.1) is 5.92 Å². The van der Waals surface area contributed by atoms with Gasteiger partial charge in [0.2, 0.25) is 10.0 Å². The fourth-order valence-corrected chi connectivity index (χ4v) is 5.13. The SMILES string of the molecule is O=C(COC(=O)C1CCN(S(=O)(=O)c2cccnc2)CC1)Nc1ccccc1Oc1ccccc1. The number of hydrogen-bond acceptors (Lipinski definition) is 7. The molecule has 1 saturated heterocycles. The van der Waals surface area contributed by atoms with E-state index in [2.05, 4.69) is 10.3 Å². The van der Waals surface area contributed by atoms with Crippen LogP contribution in [-0.4, -0.2) is 49.3 Å². The molecule has 0 spiro atoms. The average molecular weight is 496 g/mol. The molecule has 0 bridgehead atoms. The minimum atomic E-state index is -3.66. The lowest BCUT2D eigenvalue weighted by atomic mass is 9.98. The van der Waals surface area contributed by atoms with Crippen molar-refractivity contribution in [1.82, 2.24) is 9.29 Å². The Hall–Kier alpha value is -3.76. The van der Waals surface area contributed by atoms with Gasteiger partial charge in [-0.25, -0.2) is 8.42 Å². The van der Waals surface area contributed by atoms with Gasteiger partial charge in [0.15, 0.2) is 12.4 Å². The van der Waals surface area contributed by atoms with Crippen LogP contribution < -0.4 is 10.1 Å². The Bertz CT molecular complexity index is 1260. The zero-order valence-electron chi connectivity index (χ0n) is 18.9. The number of para-hydroxylation sites is 3. The van der Waals surface area contributed by atoms with Crippen molar-refractivity contribution in [3.8, 4) is 11.5 Å². The number of ether oxygens (including phenoxy) is 2.